The van der Waals surface area contributed by atoms with Crippen molar-refractivity contribution in [3.05, 3.63) is 78.4 Å². The van der Waals surface area contributed by atoms with Crippen molar-refractivity contribution < 1.29 is 18.0 Å². The van der Waals surface area contributed by atoms with E-state index in [2.05, 4.69) is 10.3 Å². The van der Waals surface area contributed by atoms with E-state index in [-0.39, 0.29) is 16.6 Å². The van der Waals surface area contributed by atoms with E-state index in [0.717, 1.165) is 35.0 Å². The normalized spacial score (nSPS) is 10.9. The molecule has 1 aromatic heterocycles. The first-order chi connectivity index (χ1) is 13.6. The van der Waals surface area contributed by atoms with Crippen LogP contribution in [0.2, 0.25) is 0 Å². The fourth-order valence-corrected chi connectivity index (χ4v) is 3.34. The van der Waals surface area contributed by atoms with Crippen LogP contribution in [0.25, 0.3) is 22.6 Å². The molecule has 7 heteroatoms. The minimum absolute atomic E-state index is 0.00936. The molecule has 1 N–H and O–H groups in total. The van der Waals surface area contributed by atoms with Gasteiger partial charge in [-0.05, 0) is 48.5 Å². The molecule has 28 heavy (non-hydrogen) atoms. The average molecular weight is 396 g/mol. The Morgan fingerprint density at radius 3 is 2.57 bits per heavy atom. The summed E-state index contributed by atoms with van der Waals surface area (Å²) in [6.45, 7) is 0. The molecule has 0 bridgehead atoms. The molecule has 0 radical (unpaired) electrons. The summed E-state index contributed by atoms with van der Waals surface area (Å²) in [6.07, 6.45) is 0. The van der Waals surface area contributed by atoms with Gasteiger partial charge in [-0.2, -0.15) is 0 Å². The molecular formula is C21H14F2N2O2S. The van der Waals surface area contributed by atoms with Crippen molar-refractivity contribution in [2.75, 3.05) is 11.1 Å². The molecule has 0 fully saturated rings. The van der Waals surface area contributed by atoms with Crippen LogP contribution in [-0.2, 0) is 4.79 Å². The van der Waals surface area contributed by atoms with E-state index in [9.17, 15) is 13.6 Å². The molecule has 4 rings (SSSR count). The van der Waals surface area contributed by atoms with E-state index in [0.29, 0.717) is 17.2 Å². The number of hydrogen-bond acceptors (Lipinski definition) is 4. The summed E-state index contributed by atoms with van der Waals surface area (Å²) in [4.78, 5) is 16.7. The quantitative estimate of drug-likeness (QED) is 0.452. The number of para-hydroxylation sites is 2. The molecule has 0 aliphatic heterocycles. The van der Waals surface area contributed by atoms with Crippen LogP contribution in [0.5, 0.6) is 0 Å². The van der Waals surface area contributed by atoms with Gasteiger partial charge in [0.2, 0.25) is 11.8 Å². The maximum absolute atomic E-state index is 13.6. The van der Waals surface area contributed by atoms with Gasteiger partial charge in [0, 0.05) is 22.2 Å². The lowest BCUT2D eigenvalue weighted by Crippen LogP contribution is -2.14. The Bertz CT molecular complexity index is 1110. The van der Waals surface area contributed by atoms with Gasteiger partial charge in [-0.3, -0.25) is 4.79 Å². The lowest BCUT2D eigenvalue weighted by atomic mass is 10.2. The molecule has 140 valence electrons. The van der Waals surface area contributed by atoms with Crippen LogP contribution < -0.4 is 5.32 Å². The van der Waals surface area contributed by atoms with E-state index < -0.39 is 11.6 Å². The highest BCUT2D eigenvalue weighted by Gasteiger charge is 2.10. The molecule has 0 unspecified atom stereocenters. The topological polar surface area (TPSA) is 55.1 Å². The number of carbonyl (C=O) groups is 1. The number of hydrogen-bond donors (Lipinski definition) is 1. The predicted octanol–water partition coefficient (Wildman–Crippen LogP) is 5.50. The van der Waals surface area contributed by atoms with E-state index in [1.807, 2.05) is 24.3 Å². The second-order valence-electron chi connectivity index (χ2n) is 5.98. The Balaban J connectivity index is 1.39. The molecule has 4 nitrogen and oxygen atoms in total. The maximum Gasteiger partial charge on any atom is 0.234 e. The summed E-state index contributed by atoms with van der Waals surface area (Å²) >= 11 is 1.01. The first-order valence-electron chi connectivity index (χ1n) is 8.42. The zero-order valence-corrected chi connectivity index (χ0v) is 15.3. The van der Waals surface area contributed by atoms with Crippen molar-refractivity contribution >= 4 is 34.5 Å². The number of halogens is 2. The minimum atomic E-state index is -0.680. The second-order valence-corrected chi connectivity index (χ2v) is 6.99. The molecular weight excluding hydrogens is 382 g/mol. The fourth-order valence-electron chi connectivity index (χ4n) is 2.62. The largest absolute Gasteiger partial charge is 0.436 e. The second kappa shape index (κ2) is 7.82. The van der Waals surface area contributed by atoms with E-state index in [4.69, 9.17) is 4.42 Å². The van der Waals surface area contributed by atoms with Crippen LogP contribution in [0, 0.1) is 11.6 Å². The number of aromatic nitrogens is 1. The van der Waals surface area contributed by atoms with Crippen molar-refractivity contribution in [2.45, 2.75) is 4.90 Å². The fraction of sp³-hybridized carbons (Fsp3) is 0.0476. The Labute approximate surface area is 163 Å². The van der Waals surface area contributed by atoms with Crippen LogP contribution in [0.1, 0.15) is 0 Å². The summed E-state index contributed by atoms with van der Waals surface area (Å²) < 4.78 is 32.2. The van der Waals surface area contributed by atoms with Gasteiger partial charge in [-0.25, -0.2) is 13.8 Å². The average Bonchev–Trinajstić information content (AvgIpc) is 3.12. The van der Waals surface area contributed by atoms with E-state index in [1.165, 1.54) is 6.07 Å². The number of oxazole rings is 1. The first-order valence-corrected chi connectivity index (χ1v) is 9.41. The molecule has 1 heterocycles. The molecule has 0 aliphatic carbocycles. The van der Waals surface area contributed by atoms with Gasteiger partial charge in [-0.1, -0.05) is 12.1 Å². The SMILES string of the molecule is O=C(CSc1ccc(F)cc1F)Nc1ccc(-c2nc3ccccc3o2)cc1. The highest BCUT2D eigenvalue weighted by Crippen LogP contribution is 2.26. The molecule has 3 aromatic carbocycles. The number of benzene rings is 3. The minimum Gasteiger partial charge on any atom is -0.436 e. The maximum atomic E-state index is 13.6. The Kier molecular flexibility index (Phi) is 5.08. The third kappa shape index (κ3) is 4.04. The summed E-state index contributed by atoms with van der Waals surface area (Å²) in [5.41, 5.74) is 2.88. The van der Waals surface area contributed by atoms with E-state index in [1.54, 1.807) is 24.3 Å². The smallest absolute Gasteiger partial charge is 0.234 e. The summed E-state index contributed by atoms with van der Waals surface area (Å²) in [7, 11) is 0. The van der Waals surface area contributed by atoms with Crippen molar-refractivity contribution in [3.8, 4) is 11.5 Å². The summed E-state index contributed by atoms with van der Waals surface area (Å²) in [6, 6.07) is 17.9. The van der Waals surface area contributed by atoms with Crippen molar-refractivity contribution in [3.63, 3.8) is 0 Å². The predicted molar refractivity (Wildman–Crippen MR) is 105 cm³/mol. The van der Waals surface area contributed by atoms with Gasteiger partial charge in [-0.15, -0.1) is 11.8 Å². The first kappa shape index (κ1) is 18.2. The van der Waals surface area contributed by atoms with Crippen LogP contribution in [0.15, 0.2) is 76.0 Å². The summed E-state index contributed by atoms with van der Waals surface area (Å²) in [5.74, 6) is -1.11. The Morgan fingerprint density at radius 2 is 1.82 bits per heavy atom. The zero-order chi connectivity index (χ0) is 19.5. The Morgan fingerprint density at radius 1 is 1.04 bits per heavy atom. The zero-order valence-electron chi connectivity index (χ0n) is 14.5. The third-order valence-electron chi connectivity index (χ3n) is 3.96. The van der Waals surface area contributed by atoms with E-state index >= 15 is 0 Å². The van der Waals surface area contributed by atoms with Crippen LogP contribution >= 0.6 is 11.8 Å². The molecule has 0 saturated carbocycles. The standard InChI is InChI=1S/C21H14F2N2O2S/c22-14-7-10-19(16(23)11-14)28-12-20(26)24-15-8-5-13(6-9-15)21-25-17-3-1-2-4-18(17)27-21/h1-11H,12H2,(H,24,26). The lowest BCUT2D eigenvalue weighted by molar-refractivity contribution is -0.113. The van der Waals surface area contributed by atoms with Gasteiger partial charge in [0.1, 0.15) is 17.2 Å². The molecule has 0 atom stereocenters. The highest BCUT2D eigenvalue weighted by molar-refractivity contribution is 8.00. The van der Waals surface area contributed by atoms with Gasteiger partial charge >= 0.3 is 0 Å². The third-order valence-corrected chi connectivity index (χ3v) is 5.01. The van der Waals surface area contributed by atoms with Crippen LogP contribution in [-0.4, -0.2) is 16.6 Å². The molecule has 0 saturated heterocycles. The van der Waals surface area contributed by atoms with Crippen molar-refractivity contribution in [1.82, 2.24) is 4.98 Å². The molecule has 0 spiro atoms. The van der Waals surface area contributed by atoms with Crippen molar-refractivity contribution in [2.24, 2.45) is 0 Å². The van der Waals surface area contributed by atoms with Crippen molar-refractivity contribution in [1.29, 1.82) is 0 Å². The number of thioether (sulfide) groups is 1. The molecule has 0 aliphatic rings. The highest BCUT2D eigenvalue weighted by atomic mass is 32.2. The lowest BCUT2D eigenvalue weighted by Gasteiger charge is -2.06. The molecule has 4 aromatic rings. The van der Waals surface area contributed by atoms with Gasteiger partial charge in [0.05, 0.1) is 5.75 Å². The van der Waals surface area contributed by atoms with Gasteiger partial charge < -0.3 is 9.73 Å². The number of nitrogens with zero attached hydrogens (tertiary/aromatic N) is 1. The number of fused-ring (bicyclic) bond motifs is 1. The van der Waals surface area contributed by atoms with Crippen LogP contribution in [0.3, 0.4) is 0 Å². The molecule has 1 amide bonds. The number of rotatable bonds is 5. The number of carbonyl (C=O) groups excluding carboxylic acids is 1. The van der Waals surface area contributed by atoms with Gasteiger partial charge in [0.25, 0.3) is 0 Å². The van der Waals surface area contributed by atoms with Crippen LogP contribution in [0.4, 0.5) is 14.5 Å². The number of anilines is 1. The number of nitrogens with one attached hydrogen (secondary N) is 1. The number of amides is 1. The monoisotopic (exact) mass is 396 g/mol. The Hall–Kier alpha value is -3.19. The van der Waals surface area contributed by atoms with Gasteiger partial charge in [0.15, 0.2) is 5.58 Å². The summed E-state index contributed by atoms with van der Waals surface area (Å²) in [5, 5.41) is 2.74.